The summed E-state index contributed by atoms with van der Waals surface area (Å²) in [4.78, 5) is 0. The van der Waals surface area contributed by atoms with Gasteiger partial charge in [0.2, 0.25) is 0 Å². The molecule has 0 radical (unpaired) electrons. The molecule has 1 N–H and O–H groups in total. The Bertz CT molecular complexity index is 267. The van der Waals surface area contributed by atoms with Crippen LogP contribution in [0.5, 0.6) is 0 Å². The molecule has 0 aliphatic carbocycles. The van der Waals surface area contributed by atoms with Crippen LogP contribution in [0.1, 0.15) is 19.4 Å². The van der Waals surface area contributed by atoms with E-state index in [0.29, 0.717) is 19.8 Å². The molecule has 0 bridgehead atoms. The van der Waals surface area contributed by atoms with Crippen LogP contribution in [0.3, 0.4) is 0 Å². The highest BCUT2D eigenvalue weighted by molar-refractivity contribution is 5.08. The largest absolute Gasteiger partial charge is 0.392 e. The van der Waals surface area contributed by atoms with Gasteiger partial charge in [0.25, 0.3) is 0 Å². The molecule has 0 spiro atoms. The molecular formula is C11H19NO3. The van der Waals surface area contributed by atoms with Gasteiger partial charge in [-0.15, -0.1) is 0 Å². The number of aliphatic hydroxyl groups is 1. The zero-order chi connectivity index (χ0) is 11.1. The lowest BCUT2D eigenvalue weighted by Crippen LogP contribution is -2.23. The summed E-state index contributed by atoms with van der Waals surface area (Å²) in [7, 11) is 0. The Balaban J connectivity index is 2.48. The standard InChI is InChI=1S/C11H19NO3/c1-3-14-11(15-4-2)8-12-6-5-10(7-12)9-13/h5-7,11,13H,3-4,8-9H2,1-2H3. The van der Waals surface area contributed by atoms with E-state index in [9.17, 15) is 0 Å². The minimum atomic E-state index is -0.209. The van der Waals surface area contributed by atoms with Crippen LogP contribution in [-0.2, 0) is 22.6 Å². The minimum Gasteiger partial charge on any atom is -0.392 e. The average molecular weight is 213 g/mol. The molecule has 0 aliphatic heterocycles. The van der Waals surface area contributed by atoms with Crippen molar-refractivity contribution in [3.05, 3.63) is 24.0 Å². The molecule has 0 aliphatic rings. The van der Waals surface area contributed by atoms with Gasteiger partial charge in [-0.1, -0.05) is 0 Å². The minimum absolute atomic E-state index is 0.0704. The quantitative estimate of drug-likeness (QED) is 0.696. The van der Waals surface area contributed by atoms with Crippen LogP contribution in [0.15, 0.2) is 18.5 Å². The average Bonchev–Trinajstić information content (AvgIpc) is 2.66. The van der Waals surface area contributed by atoms with Crippen molar-refractivity contribution in [3.8, 4) is 0 Å². The van der Waals surface area contributed by atoms with Gasteiger partial charge >= 0.3 is 0 Å². The molecule has 0 atom stereocenters. The van der Waals surface area contributed by atoms with Crippen molar-refractivity contribution in [2.24, 2.45) is 0 Å². The summed E-state index contributed by atoms with van der Waals surface area (Å²) in [6, 6.07) is 1.88. The summed E-state index contributed by atoms with van der Waals surface area (Å²) in [5.74, 6) is 0. The third kappa shape index (κ3) is 4.03. The van der Waals surface area contributed by atoms with Gasteiger partial charge in [-0.3, -0.25) is 0 Å². The maximum atomic E-state index is 8.92. The molecule has 4 nitrogen and oxygen atoms in total. The number of ether oxygens (including phenoxy) is 2. The third-order valence-corrected chi connectivity index (χ3v) is 2.06. The van der Waals surface area contributed by atoms with E-state index in [1.807, 2.05) is 36.9 Å². The summed E-state index contributed by atoms with van der Waals surface area (Å²) < 4.78 is 12.8. The SMILES string of the molecule is CCOC(Cn1ccc(CO)c1)OCC. The Kier molecular flexibility index (Phi) is 5.39. The first-order chi connectivity index (χ1) is 7.30. The lowest BCUT2D eigenvalue weighted by molar-refractivity contribution is -0.143. The van der Waals surface area contributed by atoms with Gasteiger partial charge in [-0.25, -0.2) is 0 Å². The fourth-order valence-corrected chi connectivity index (χ4v) is 1.40. The maximum Gasteiger partial charge on any atom is 0.175 e. The van der Waals surface area contributed by atoms with Crippen molar-refractivity contribution in [2.45, 2.75) is 33.3 Å². The molecule has 1 rings (SSSR count). The van der Waals surface area contributed by atoms with E-state index in [2.05, 4.69) is 0 Å². The lowest BCUT2D eigenvalue weighted by Gasteiger charge is -2.17. The zero-order valence-corrected chi connectivity index (χ0v) is 9.35. The van der Waals surface area contributed by atoms with Gasteiger partial charge in [0.05, 0.1) is 13.2 Å². The maximum absolute atomic E-state index is 8.92. The molecule has 1 heterocycles. The first kappa shape index (κ1) is 12.2. The molecule has 0 saturated carbocycles. The third-order valence-electron chi connectivity index (χ3n) is 2.06. The van der Waals surface area contributed by atoms with Crippen molar-refractivity contribution in [3.63, 3.8) is 0 Å². The number of rotatable bonds is 7. The second kappa shape index (κ2) is 6.61. The molecular weight excluding hydrogens is 194 g/mol. The monoisotopic (exact) mass is 213 g/mol. The molecule has 86 valence electrons. The first-order valence-corrected chi connectivity index (χ1v) is 5.28. The fraction of sp³-hybridized carbons (Fsp3) is 0.636. The van der Waals surface area contributed by atoms with Crippen LogP contribution >= 0.6 is 0 Å². The normalized spacial score (nSPS) is 11.2. The van der Waals surface area contributed by atoms with Gasteiger partial charge in [0.15, 0.2) is 6.29 Å². The smallest absolute Gasteiger partial charge is 0.175 e. The molecule has 4 heteroatoms. The van der Waals surface area contributed by atoms with E-state index in [-0.39, 0.29) is 12.9 Å². The second-order valence-corrected chi connectivity index (χ2v) is 3.21. The predicted octanol–water partition coefficient (Wildman–Crippen LogP) is 1.38. The molecule has 0 saturated heterocycles. The summed E-state index contributed by atoms with van der Waals surface area (Å²) >= 11 is 0. The molecule has 15 heavy (non-hydrogen) atoms. The Morgan fingerprint density at radius 1 is 1.33 bits per heavy atom. The van der Waals surface area contributed by atoms with Crippen LogP contribution in [-0.4, -0.2) is 29.2 Å². The molecule has 0 amide bonds. The molecule has 0 fully saturated rings. The molecule has 0 aromatic carbocycles. The fourth-order valence-electron chi connectivity index (χ4n) is 1.40. The molecule has 1 aromatic rings. The summed E-state index contributed by atoms with van der Waals surface area (Å²) in [5, 5.41) is 8.92. The van der Waals surface area contributed by atoms with E-state index < -0.39 is 0 Å². The summed E-state index contributed by atoms with van der Waals surface area (Å²) in [6.07, 6.45) is 3.60. The van der Waals surface area contributed by atoms with E-state index in [4.69, 9.17) is 14.6 Å². The molecule has 0 unspecified atom stereocenters. The summed E-state index contributed by atoms with van der Waals surface area (Å²) in [6.45, 7) is 5.89. The van der Waals surface area contributed by atoms with Crippen LogP contribution in [0.2, 0.25) is 0 Å². The summed E-state index contributed by atoms with van der Waals surface area (Å²) in [5.41, 5.74) is 0.904. The Morgan fingerprint density at radius 2 is 2.00 bits per heavy atom. The van der Waals surface area contributed by atoms with Gasteiger partial charge < -0.3 is 19.1 Å². The first-order valence-electron chi connectivity index (χ1n) is 5.28. The number of aliphatic hydroxyl groups excluding tert-OH is 1. The van der Waals surface area contributed by atoms with Crippen LogP contribution in [0.4, 0.5) is 0 Å². The van der Waals surface area contributed by atoms with Crippen molar-refractivity contribution >= 4 is 0 Å². The van der Waals surface area contributed by atoms with Gasteiger partial charge in [-0.2, -0.15) is 0 Å². The number of hydrogen-bond acceptors (Lipinski definition) is 3. The van der Waals surface area contributed by atoms with Crippen molar-refractivity contribution < 1.29 is 14.6 Å². The predicted molar refractivity (Wildman–Crippen MR) is 57.4 cm³/mol. The number of nitrogens with zero attached hydrogens (tertiary/aromatic N) is 1. The highest BCUT2D eigenvalue weighted by Gasteiger charge is 2.08. The second-order valence-electron chi connectivity index (χ2n) is 3.21. The highest BCUT2D eigenvalue weighted by Crippen LogP contribution is 2.05. The van der Waals surface area contributed by atoms with Crippen molar-refractivity contribution in [1.29, 1.82) is 0 Å². The Labute approximate surface area is 90.4 Å². The van der Waals surface area contributed by atoms with Crippen molar-refractivity contribution in [1.82, 2.24) is 4.57 Å². The topological polar surface area (TPSA) is 43.6 Å². The van der Waals surface area contributed by atoms with E-state index in [0.717, 1.165) is 5.56 Å². The lowest BCUT2D eigenvalue weighted by atomic mass is 10.4. The highest BCUT2D eigenvalue weighted by atomic mass is 16.7. The Morgan fingerprint density at radius 3 is 2.47 bits per heavy atom. The number of aromatic nitrogens is 1. The zero-order valence-electron chi connectivity index (χ0n) is 9.35. The van der Waals surface area contributed by atoms with Crippen LogP contribution in [0, 0.1) is 0 Å². The molecule has 1 aromatic heterocycles. The van der Waals surface area contributed by atoms with Crippen molar-refractivity contribution in [2.75, 3.05) is 13.2 Å². The number of hydrogen-bond donors (Lipinski definition) is 1. The Hall–Kier alpha value is -0.840. The van der Waals surface area contributed by atoms with Crippen LogP contribution in [0.25, 0.3) is 0 Å². The van der Waals surface area contributed by atoms with E-state index >= 15 is 0 Å². The van der Waals surface area contributed by atoms with Gasteiger partial charge in [0.1, 0.15) is 0 Å². The van der Waals surface area contributed by atoms with Gasteiger partial charge in [-0.05, 0) is 25.5 Å². The van der Waals surface area contributed by atoms with Crippen LogP contribution < -0.4 is 0 Å². The van der Waals surface area contributed by atoms with E-state index in [1.165, 1.54) is 0 Å². The van der Waals surface area contributed by atoms with Gasteiger partial charge in [0, 0.05) is 25.6 Å². The van der Waals surface area contributed by atoms with E-state index in [1.54, 1.807) is 0 Å².